The maximum atomic E-state index is 13.2. The van der Waals surface area contributed by atoms with Gasteiger partial charge in [0.05, 0.1) is 11.0 Å². The van der Waals surface area contributed by atoms with E-state index in [1.807, 2.05) is 41.9 Å². The Labute approximate surface area is 204 Å². The summed E-state index contributed by atoms with van der Waals surface area (Å²) in [5.41, 5.74) is 4.57. The molecule has 0 aliphatic carbocycles. The zero-order chi connectivity index (χ0) is 24.7. The molecule has 0 saturated heterocycles. The topological polar surface area (TPSA) is 126 Å². The van der Waals surface area contributed by atoms with Gasteiger partial charge in [0, 0.05) is 41.9 Å². The summed E-state index contributed by atoms with van der Waals surface area (Å²) in [5, 5.41) is 25.6. The van der Waals surface area contributed by atoms with Gasteiger partial charge in [-0.2, -0.15) is 0 Å². The van der Waals surface area contributed by atoms with Gasteiger partial charge in [-0.05, 0) is 60.0 Å². The maximum Gasteiger partial charge on any atom is 0.241 e. The molecule has 0 aliphatic rings. The first-order valence-electron chi connectivity index (χ1n) is 11.3. The van der Waals surface area contributed by atoms with Crippen LogP contribution in [0.5, 0.6) is 0 Å². The van der Waals surface area contributed by atoms with Crippen molar-refractivity contribution in [3.63, 3.8) is 0 Å². The molecule has 1 aromatic heterocycles. The number of anilines is 1. The fourth-order valence-corrected chi connectivity index (χ4v) is 5.17. The van der Waals surface area contributed by atoms with E-state index < -0.39 is 16.1 Å². The number of hydrogen-bond donors (Lipinski definition) is 4. The van der Waals surface area contributed by atoms with Crippen LogP contribution in [0.25, 0.3) is 21.9 Å². The van der Waals surface area contributed by atoms with Crippen LogP contribution in [-0.2, 0) is 10.0 Å². The van der Waals surface area contributed by atoms with Crippen molar-refractivity contribution in [2.45, 2.75) is 17.4 Å². The van der Waals surface area contributed by atoms with Gasteiger partial charge in [0.2, 0.25) is 10.0 Å². The molecule has 4 rings (SSSR count). The Morgan fingerprint density at radius 1 is 0.914 bits per heavy atom. The van der Waals surface area contributed by atoms with Crippen LogP contribution in [0.4, 0.5) is 5.69 Å². The van der Waals surface area contributed by atoms with Crippen LogP contribution in [0.3, 0.4) is 0 Å². The molecule has 0 fully saturated rings. The number of sulfonamides is 1. The van der Waals surface area contributed by atoms with Gasteiger partial charge in [-0.3, -0.25) is 4.98 Å². The standard InChI is InChI=1S/C26H27N4O4S/c31-25(20-7-4-8-23(16-20)30-32)10-12-27-13-14-29-35(33,34)26-17-21(19-5-2-1-3-6-19)15-22-18-28-11-9-24(22)26/h1-9,11,15-18,25,27,29-31H,10,12-14H2/q-1. The van der Waals surface area contributed by atoms with Gasteiger partial charge in [-0.25, -0.2) is 13.1 Å². The SMILES string of the molecule is O=S(=O)(NCCNCCC(O)c1cccc(N[O-])c1)c1cc(-c2ccccc2)cc2cnccc12. The van der Waals surface area contributed by atoms with Gasteiger partial charge in [-0.1, -0.05) is 42.5 Å². The highest BCUT2D eigenvalue weighted by Crippen LogP contribution is 2.30. The summed E-state index contributed by atoms with van der Waals surface area (Å²) >= 11 is 0. The van der Waals surface area contributed by atoms with E-state index in [1.54, 1.807) is 48.8 Å². The van der Waals surface area contributed by atoms with E-state index in [-0.39, 0.29) is 11.4 Å². The molecule has 35 heavy (non-hydrogen) atoms. The van der Waals surface area contributed by atoms with E-state index >= 15 is 0 Å². The van der Waals surface area contributed by atoms with Crippen LogP contribution < -0.4 is 15.5 Å². The third-order valence-electron chi connectivity index (χ3n) is 5.69. The van der Waals surface area contributed by atoms with Crippen molar-refractivity contribution >= 4 is 26.5 Å². The Hall–Kier alpha value is -3.34. The first-order chi connectivity index (χ1) is 17.0. The molecule has 0 spiro atoms. The van der Waals surface area contributed by atoms with E-state index in [1.165, 1.54) is 0 Å². The lowest BCUT2D eigenvalue weighted by Gasteiger charge is -2.15. The number of fused-ring (bicyclic) bond motifs is 1. The van der Waals surface area contributed by atoms with E-state index in [0.717, 1.165) is 16.5 Å². The fraction of sp³-hybridized carbons (Fsp3) is 0.192. The summed E-state index contributed by atoms with van der Waals surface area (Å²) < 4.78 is 29.0. The highest BCUT2D eigenvalue weighted by molar-refractivity contribution is 7.89. The summed E-state index contributed by atoms with van der Waals surface area (Å²) in [6.07, 6.45) is 2.94. The number of aliphatic hydroxyl groups excluding tert-OH is 1. The van der Waals surface area contributed by atoms with Crippen molar-refractivity contribution in [1.82, 2.24) is 15.0 Å². The Morgan fingerprint density at radius 3 is 2.54 bits per heavy atom. The number of nitrogens with one attached hydrogen (secondary N) is 3. The second-order valence-electron chi connectivity index (χ2n) is 8.12. The highest BCUT2D eigenvalue weighted by Gasteiger charge is 2.19. The molecule has 1 heterocycles. The molecule has 0 amide bonds. The molecule has 1 unspecified atom stereocenters. The summed E-state index contributed by atoms with van der Waals surface area (Å²) in [6.45, 7) is 1.07. The molecular weight excluding hydrogens is 464 g/mol. The second-order valence-corrected chi connectivity index (χ2v) is 9.85. The Morgan fingerprint density at radius 2 is 1.74 bits per heavy atom. The zero-order valence-corrected chi connectivity index (χ0v) is 19.8. The monoisotopic (exact) mass is 491 g/mol. The lowest BCUT2D eigenvalue weighted by Crippen LogP contribution is -2.32. The molecule has 4 aromatic rings. The lowest BCUT2D eigenvalue weighted by atomic mass is 10.0. The van der Waals surface area contributed by atoms with Crippen LogP contribution in [0.2, 0.25) is 0 Å². The van der Waals surface area contributed by atoms with Crippen molar-refractivity contribution in [3.8, 4) is 11.1 Å². The van der Waals surface area contributed by atoms with Crippen molar-refractivity contribution in [2.75, 3.05) is 25.1 Å². The van der Waals surface area contributed by atoms with E-state index in [2.05, 4.69) is 15.0 Å². The highest BCUT2D eigenvalue weighted by atomic mass is 32.2. The number of hydrogen-bond acceptors (Lipinski definition) is 7. The van der Waals surface area contributed by atoms with Crippen LogP contribution in [0, 0.1) is 5.21 Å². The minimum atomic E-state index is -3.78. The van der Waals surface area contributed by atoms with Gasteiger partial charge in [0.25, 0.3) is 0 Å². The quantitative estimate of drug-likeness (QED) is 0.186. The molecule has 0 saturated carbocycles. The molecule has 3 aromatic carbocycles. The second kappa shape index (κ2) is 11.4. The minimum absolute atomic E-state index is 0.191. The predicted octanol–water partition coefficient (Wildman–Crippen LogP) is 3.80. The first kappa shape index (κ1) is 24.8. The molecule has 9 heteroatoms. The van der Waals surface area contributed by atoms with Crippen molar-refractivity contribution < 1.29 is 13.5 Å². The predicted molar refractivity (Wildman–Crippen MR) is 138 cm³/mol. The molecule has 0 bridgehead atoms. The van der Waals surface area contributed by atoms with Gasteiger partial charge in [0.15, 0.2) is 0 Å². The van der Waals surface area contributed by atoms with Gasteiger partial charge >= 0.3 is 0 Å². The van der Waals surface area contributed by atoms with Gasteiger partial charge < -0.3 is 21.1 Å². The average molecular weight is 492 g/mol. The van der Waals surface area contributed by atoms with Crippen LogP contribution in [-0.4, -0.2) is 38.1 Å². The van der Waals surface area contributed by atoms with Crippen molar-refractivity contribution in [3.05, 3.63) is 96.0 Å². The number of aromatic nitrogens is 1. The molecule has 182 valence electrons. The first-order valence-corrected chi connectivity index (χ1v) is 12.8. The van der Waals surface area contributed by atoms with Crippen molar-refractivity contribution in [2.24, 2.45) is 0 Å². The van der Waals surface area contributed by atoms with E-state index in [9.17, 15) is 18.7 Å². The van der Waals surface area contributed by atoms with Gasteiger partial charge in [-0.15, -0.1) is 0 Å². The Balaban J connectivity index is 1.37. The van der Waals surface area contributed by atoms with Gasteiger partial charge in [0.1, 0.15) is 0 Å². The van der Waals surface area contributed by atoms with E-state index in [0.29, 0.717) is 36.1 Å². The summed E-state index contributed by atoms with van der Waals surface area (Å²) in [7, 11) is -3.78. The number of aliphatic hydroxyl groups is 1. The van der Waals surface area contributed by atoms with Crippen LogP contribution in [0.15, 0.2) is 90.1 Å². The smallest absolute Gasteiger partial charge is 0.241 e. The molecule has 0 radical (unpaired) electrons. The summed E-state index contributed by atoms with van der Waals surface area (Å²) in [6, 6.07) is 21.6. The average Bonchev–Trinajstić information content (AvgIpc) is 2.90. The normalized spacial score (nSPS) is 12.5. The number of nitrogens with zero attached hydrogens (tertiary/aromatic N) is 1. The van der Waals surface area contributed by atoms with Crippen LogP contribution in [0.1, 0.15) is 18.1 Å². The molecular formula is C26H27N4O4S-. The lowest BCUT2D eigenvalue weighted by molar-refractivity contribution is 0.167. The van der Waals surface area contributed by atoms with E-state index in [4.69, 9.17) is 0 Å². The molecule has 0 aliphatic heterocycles. The molecule has 1 atom stereocenters. The largest absolute Gasteiger partial charge is 0.761 e. The third-order valence-corrected chi connectivity index (χ3v) is 7.19. The number of rotatable bonds is 11. The van der Waals surface area contributed by atoms with Crippen molar-refractivity contribution in [1.29, 1.82) is 0 Å². The molecule has 8 nitrogen and oxygen atoms in total. The number of pyridine rings is 1. The Kier molecular flexibility index (Phi) is 8.06. The maximum absolute atomic E-state index is 13.2. The number of benzene rings is 3. The summed E-state index contributed by atoms with van der Waals surface area (Å²) in [5.74, 6) is 0. The Bertz CT molecular complexity index is 1380. The fourth-order valence-electron chi connectivity index (χ4n) is 3.89. The summed E-state index contributed by atoms with van der Waals surface area (Å²) in [4.78, 5) is 4.35. The molecule has 4 N–H and O–H groups in total. The zero-order valence-electron chi connectivity index (χ0n) is 19.0. The van der Waals surface area contributed by atoms with Crippen LogP contribution >= 0.6 is 0 Å². The minimum Gasteiger partial charge on any atom is -0.761 e. The third kappa shape index (κ3) is 6.21.